The van der Waals surface area contributed by atoms with E-state index in [1.807, 2.05) is 63.2 Å². The van der Waals surface area contributed by atoms with Gasteiger partial charge in [0, 0.05) is 6.42 Å². The third kappa shape index (κ3) is 6.85. The van der Waals surface area contributed by atoms with Gasteiger partial charge in [-0.05, 0) is 56.5 Å². The summed E-state index contributed by atoms with van der Waals surface area (Å²) >= 11 is 0. The van der Waals surface area contributed by atoms with Gasteiger partial charge in [0.2, 0.25) is 5.91 Å². The van der Waals surface area contributed by atoms with E-state index in [2.05, 4.69) is 5.32 Å². The summed E-state index contributed by atoms with van der Waals surface area (Å²) in [6, 6.07) is 13.7. The Labute approximate surface area is 161 Å². The van der Waals surface area contributed by atoms with Crippen LogP contribution in [-0.4, -0.2) is 32.3 Å². The molecule has 1 amide bonds. The summed E-state index contributed by atoms with van der Waals surface area (Å²) in [6.07, 6.45) is 1.07. The van der Waals surface area contributed by atoms with Crippen LogP contribution in [0.1, 0.15) is 31.4 Å². The molecule has 5 heteroatoms. The number of hydrogen-bond donors (Lipinski definition) is 1. The van der Waals surface area contributed by atoms with Crippen LogP contribution < -0.4 is 19.5 Å². The zero-order valence-electron chi connectivity index (χ0n) is 16.4. The molecule has 0 aromatic heterocycles. The summed E-state index contributed by atoms with van der Waals surface area (Å²) in [4.78, 5) is 12.1. The molecule has 0 spiro atoms. The van der Waals surface area contributed by atoms with Crippen molar-refractivity contribution in [1.82, 2.24) is 5.32 Å². The quantitative estimate of drug-likeness (QED) is 0.608. The standard InChI is InChI=1S/C22H29NO4/c1-4-25-20-12-10-18(16-21(20)26-5-2)11-13-22(24)23-14-15-27-19-9-7-6-8-17(19)3/h6-10,12,16H,4-5,11,13-15H2,1-3H3,(H,23,24). The predicted molar refractivity (Wildman–Crippen MR) is 107 cm³/mol. The molecule has 1 N–H and O–H groups in total. The van der Waals surface area contributed by atoms with Crippen LogP contribution in [0.15, 0.2) is 42.5 Å². The minimum absolute atomic E-state index is 0.00947. The van der Waals surface area contributed by atoms with Crippen LogP contribution in [0, 0.1) is 6.92 Å². The Morgan fingerprint density at radius 1 is 0.926 bits per heavy atom. The molecule has 0 heterocycles. The van der Waals surface area contributed by atoms with E-state index in [1.54, 1.807) is 0 Å². The highest BCUT2D eigenvalue weighted by atomic mass is 16.5. The number of rotatable bonds is 11. The molecule has 2 rings (SSSR count). The molecule has 0 atom stereocenters. The number of benzene rings is 2. The highest BCUT2D eigenvalue weighted by Gasteiger charge is 2.08. The molecular weight excluding hydrogens is 342 g/mol. The van der Waals surface area contributed by atoms with Crippen LogP contribution in [0.25, 0.3) is 0 Å². The van der Waals surface area contributed by atoms with Crippen molar-refractivity contribution in [2.24, 2.45) is 0 Å². The van der Waals surface area contributed by atoms with Crippen molar-refractivity contribution >= 4 is 5.91 Å². The van der Waals surface area contributed by atoms with E-state index >= 15 is 0 Å². The highest BCUT2D eigenvalue weighted by Crippen LogP contribution is 2.29. The Morgan fingerprint density at radius 3 is 2.41 bits per heavy atom. The van der Waals surface area contributed by atoms with Crippen molar-refractivity contribution in [2.45, 2.75) is 33.6 Å². The van der Waals surface area contributed by atoms with Crippen molar-refractivity contribution in [2.75, 3.05) is 26.4 Å². The SMILES string of the molecule is CCOc1ccc(CCC(=O)NCCOc2ccccc2C)cc1OCC. The van der Waals surface area contributed by atoms with Gasteiger partial charge in [0.25, 0.3) is 0 Å². The first kappa shape index (κ1) is 20.6. The third-order valence-electron chi connectivity index (χ3n) is 4.02. The van der Waals surface area contributed by atoms with Crippen molar-refractivity contribution in [3.8, 4) is 17.2 Å². The summed E-state index contributed by atoms with van der Waals surface area (Å²) in [7, 11) is 0. The number of aryl methyl sites for hydroxylation is 2. The van der Waals surface area contributed by atoms with Crippen LogP contribution in [0.5, 0.6) is 17.2 Å². The lowest BCUT2D eigenvalue weighted by atomic mass is 10.1. The smallest absolute Gasteiger partial charge is 0.220 e. The van der Waals surface area contributed by atoms with Crippen molar-refractivity contribution in [1.29, 1.82) is 0 Å². The maximum absolute atomic E-state index is 12.1. The summed E-state index contributed by atoms with van der Waals surface area (Å²) in [5.74, 6) is 2.32. The zero-order valence-corrected chi connectivity index (χ0v) is 16.4. The number of nitrogens with one attached hydrogen (secondary N) is 1. The normalized spacial score (nSPS) is 10.3. The molecule has 2 aromatic rings. The van der Waals surface area contributed by atoms with E-state index in [1.165, 1.54) is 0 Å². The molecule has 0 aliphatic carbocycles. The molecule has 5 nitrogen and oxygen atoms in total. The minimum atomic E-state index is 0.00947. The molecule has 0 bridgehead atoms. The first-order chi connectivity index (χ1) is 13.1. The number of amides is 1. The second kappa shape index (κ2) is 11.1. The molecule has 0 saturated heterocycles. The average Bonchev–Trinajstić information content (AvgIpc) is 2.67. The summed E-state index contributed by atoms with van der Waals surface area (Å²) in [6.45, 7) is 7.99. The Hall–Kier alpha value is -2.69. The Morgan fingerprint density at radius 2 is 1.67 bits per heavy atom. The lowest BCUT2D eigenvalue weighted by Crippen LogP contribution is -2.28. The van der Waals surface area contributed by atoms with Crippen LogP contribution in [0.2, 0.25) is 0 Å². The van der Waals surface area contributed by atoms with Gasteiger partial charge in [0.05, 0.1) is 19.8 Å². The van der Waals surface area contributed by atoms with Gasteiger partial charge >= 0.3 is 0 Å². The zero-order chi connectivity index (χ0) is 19.5. The first-order valence-electron chi connectivity index (χ1n) is 9.47. The molecular formula is C22H29NO4. The van der Waals surface area contributed by atoms with E-state index in [0.717, 1.165) is 28.4 Å². The van der Waals surface area contributed by atoms with Crippen LogP contribution in [-0.2, 0) is 11.2 Å². The molecule has 0 saturated carbocycles. The van der Waals surface area contributed by atoms with Gasteiger partial charge in [-0.25, -0.2) is 0 Å². The fourth-order valence-corrected chi connectivity index (χ4v) is 2.67. The van der Waals surface area contributed by atoms with Crippen LogP contribution >= 0.6 is 0 Å². The minimum Gasteiger partial charge on any atom is -0.491 e. The fourth-order valence-electron chi connectivity index (χ4n) is 2.67. The molecule has 0 radical (unpaired) electrons. The van der Waals surface area contributed by atoms with Crippen molar-refractivity contribution < 1.29 is 19.0 Å². The summed E-state index contributed by atoms with van der Waals surface area (Å²) < 4.78 is 16.9. The second-order valence-corrected chi connectivity index (χ2v) is 6.11. The van der Waals surface area contributed by atoms with Gasteiger partial charge in [-0.15, -0.1) is 0 Å². The molecule has 0 aliphatic heterocycles. The van der Waals surface area contributed by atoms with Gasteiger partial charge in [0.1, 0.15) is 12.4 Å². The largest absolute Gasteiger partial charge is 0.491 e. The molecule has 27 heavy (non-hydrogen) atoms. The molecule has 0 unspecified atom stereocenters. The van der Waals surface area contributed by atoms with Gasteiger partial charge < -0.3 is 19.5 Å². The maximum atomic E-state index is 12.1. The number of ether oxygens (including phenoxy) is 3. The number of carbonyl (C=O) groups is 1. The highest BCUT2D eigenvalue weighted by molar-refractivity contribution is 5.76. The maximum Gasteiger partial charge on any atom is 0.220 e. The van der Waals surface area contributed by atoms with E-state index < -0.39 is 0 Å². The lowest BCUT2D eigenvalue weighted by molar-refractivity contribution is -0.121. The predicted octanol–water partition coefficient (Wildman–Crippen LogP) is 3.92. The first-order valence-corrected chi connectivity index (χ1v) is 9.47. The average molecular weight is 371 g/mol. The Balaban J connectivity index is 1.74. The van der Waals surface area contributed by atoms with Gasteiger partial charge in [-0.1, -0.05) is 24.3 Å². The van der Waals surface area contributed by atoms with Gasteiger partial charge in [-0.3, -0.25) is 4.79 Å². The molecule has 146 valence electrons. The molecule has 0 fully saturated rings. The lowest BCUT2D eigenvalue weighted by Gasteiger charge is -2.12. The van der Waals surface area contributed by atoms with Crippen molar-refractivity contribution in [3.05, 3.63) is 53.6 Å². The molecule has 2 aromatic carbocycles. The van der Waals surface area contributed by atoms with Crippen molar-refractivity contribution in [3.63, 3.8) is 0 Å². The Bertz CT molecular complexity index is 730. The summed E-state index contributed by atoms with van der Waals surface area (Å²) in [5, 5.41) is 2.89. The van der Waals surface area contributed by atoms with Gasteiger partial charge in [-0.2, -0.15) is 0 Å². The van der Waals surface area contributed by atoms with Crippen LogP contribution in [0.4, 0.5) is 0 Å². The number of carbonyl (C=O) groups excluding carboxylic acids is 1. The third-order valence-corrected chi connectivity index (χ3v) is 4.02. The topological polar surface area (TPSA) is 56.8 Å². The van der Waals surface area contributed by atoms with E-state index in [4.69, 9.17) is 14.2 Å². The number of para-hydroxylation sites is 1. The van der Waals surface area contributed by atoms with E-state index in [0.29, 0.717) is 39.2 Å². The van der Waals surface area contributed by atoms with Crippen LogP contribution in [0.3, 0.4) is 0 Å². The van der Waals surface area contributed by atoms with E-state index in [9.17, 15) is 4.79 Å². The second-order valence-electron chi connectivity index (χ2n) is 6.11. The van der Waals surface area contributed by atoms with E-state index in [-0.39, 0.29) is 5.91 Å². The Kier molecular flexibility index (Phi) is 8.49. The molecule has 0 aliphatic rings. The fraction of sp³-hybridized carbons (Fsp3) is 0.409. The summed E-state index contributed by atoms with van der Waals surface area (Å²) in [5.41, 5.74) is 2.14. The number of hydrogen-bond acceptors (Lipinski definition) is 4. The monoisotopic (exact) mass is 371 g/mol. The van der Waals surface area contributed by atoms with Gasteiger partial charge in [0.15, 0.2) is 11.5 Å².